The molecule has 0 aromatic carbocycles. The van der Waals surface area contributed by atoms with E-state index in [0.29, 0.717) is 12.5 Å². The molecular formula is C13H24N4OS. The van der Waals surface area contributed by atoms with E-state index in [0.717, 1.165) is 36.1 Å². The molecule has 3 N–H and O–H groups in total. The molecule has 1 aromatic heterocycles. The second-order valence-corrected chi connectivity index (χ2v) is 6.20. The minimum atomic E-state index is -0.283. The maximum Gasteiger partial charge on any atom is 0.231 e. The molecule has 19 heavy (non-hydrogen) atoms. The number of primary amides is 1. The molecular weight excluding hydrogens is 260 g/mol. The van der Waals surface area contributed by atoms with Crippen LogP contribution in [0.1, 0.15) is 32.1 Å². The third kappa shape index (κ3) is 6.54. The third-order valence-electron chi connectivity index (χ3n) is 2.46. The maximum absolute atomic E-state index is 11.1. The van der Waals surface area contributed by atoms with Crippen LogP contribution >= 0.6 is 11.3 Å². The van der Waals surface area contributed by atoms with Crippen molar-refractivity contribution in [2.24, 2.45) is 11.7 Å². The van der Waals surface area contributed by atoms with Gasteiger partial charge in [0.2, 0.25) is 5.91 Å². The van der Waals surface area contributed by atoms with Crippen LogP contribution in [0.5, 0.6) is 0 Å². The Morgan fingerprint density at radius 3 is 2.89 bits per heavy atom. The zero-order valence-electron chi connectivity index (χ0n) is 12.0. The molecule has 0 fully saturated rings. The minimum Gasteiger partial charge on any atom is -0.369 e. The molecule has 108 valence electrons. The number of hydrogen-bond acceptors (Lipinski definition) is 5. The number of amides is 1. The lowest BCUT2D eigenvalue weighted by atomic mass is 10.2. The summed E-state index contributed by atoms with van der Waals surface area (Å²) in [6.45, 7) is 9.21. The average Bonchev–Trinajstić information content (AvgIpc) is 2.72. The van der Waals surface area contributed by atoms with Crippen LogP contribution in [0.15, 0.2) is 6.20 Å². The first-order valence-electron chi connectivity index (χ1n) is 6.70. The molecule has 0 atom stereocenters. The summed E-state index contributed by atoms with van der Waals surface area (Å²) in [4.78, 5) is 18.6. The number of aromatic nitrogens is 1. The molecule has 0 spiro atoms. The lowest BCUT2D eigenvalue weighted by Gasteiger charge is -2.21. The highest BCUT2D eigenvalue weighted by atomic mass is 32.1. The number of carbonyl (C=O) groups excluding carboxylic acids is 1. The number of nitrogens with one attached hydrogen (secondary N) is 1. The number of anilines is 1. The Kier molecular flexibility index (Phi) is 6.80. The van der Waals surface area contributed by atoms with Crippen molar-refractivity contribution in [2.45, 2.75) is 33.7 Å². The van der Waals surface area contributed by atoms with E-state index in [1.807, 2.05) is 6.20 Å². The monoisotopic (exact) mass is 284 g/mol. The van der Waals surface area contributed by atoms with Gasteiger partial charge in [-0.25, -0.2) is 4.98 Å². The molecule has 6 heteroatoms. The second-order valence-electron chi connectivity index (χ2n) is 5.09. The van der Waals surface area contributed by atoms with Crippen molar-refractivity contribution in [1.29, 1.82) is 0 Å². The number of hydrogen-bond donors (Lipinski definition) is 2. The summed E-state index contributed by atoms with van der Waals surface area (Å²) in [7, 11) is 0. The van der Waals surface area contributed by atoms with E-state index in [2.05, 4.69) is 36.0 Å². The first-order valence-corrected chi connectivity index (χ1v) is 7.52. The van der Waals surface area contributed by atoms with Gasteiger partial charge in [-0.15, -0.1) is 11.3 Å². The van der Waals surface area contributed by atoms with E-state index in [4.69, 9.17) is 5.73 Å². The Labute approximate surface area is 119 Å². The Hall–Kier alpha value is -1.14. The Balaban J connectivity index is 2.56. The van der Waals surface area contributed by atoms with Crippen molar-refractivity contribution in [2.75, 3.05) is 25.0 Å². The minimum absolute atomic E-state index is 0.283. The van der Waals surface area contributed by atoms with Crippen LogP contribution in [0, 0.1) is 5.92 Å². The fourth-order valence-corrected chi connectivity index (χ4v) is 2.72. The molecule has 5 nitrogen and oxygen atoms in total. The summed E-state index contributed by atoms with van der Waals surface area (Å²) in [6, 6.07) is 0. The third-order valence-corrected chi connectivity index (χ3v) is 3.40. The molecule has 1 rings (SSSR count). The predicted molar refractivity (Wildman–Crippen MR) is 80.2 cm³/mol. The topological polar surface area (TPSA) is 71.2 Å². The molecule has 1 amide bonds. The largest absolute Gasteiger partial charge is 0.369 e. The van der Waals surface area contributed by atoms with Gasteiger partial charge in [0.1, 0.15) is 0 Å². The zero-order valence-corrected chi connectivity index (χ0v) is 12.8. The van der Waals surface area contributed by atoms with E-state index >= 15 is 0 Å². The van der Waals surface area contributed by atoms with E-state index in [1.165, 1.54) is 0 Å². The summed E-state index contributed by atoms with van der Waals surface area (Å²) in [6.07, 6.45) is 2.95. The van der Waals surface area contributed by atoms with Crippen LogP contribution in [-0.4, -0.2) is 35.4 Å². The summed E-state index contributed by atoms with van der Waals surface area (Å²) in [5.41, 5.74) is 5.29. The highest BCUT2D eigenvalue weighted by Crippen LogP contribution is 2.20. The van der Waals surface area contributed by atoms with Crippen LogP contribution in [0.2, 0.25) is 0 Å². The fourth-order valence-electron chi connectivity index (χ4n) is 1.84. The fraction of sp³-hybridized carbons (Fsp3) is 0.692. The van der Waals surface area contributed by atoms with Crippen LogP contribution in [0.4, 0.5) is 5.13 Å². The zero-order chi connectivity index (χ0) is 14.3. The van der Waals surface area contributed by atoms with Gasteiger partial charge in [0.25, 0.3) is 0 Å². The first kappa shape index (κ1) is 15.9. The lowest BCUT2D eigenvalue weighted by molar-refractivity contribution is -0.119. The van der Waals surface area contributed by atoms with Gasteiger partial charge >= 0.3 is 0 Å². The predicted octanol–water partition coefficient (Wildman–Crippen LogP) is 1.91. The van der Waals surface area contributed by atoms with Crippen molar-refractivity contribution in [1.82, 2.24) is 9.88 Å². The normalized spacial score (nSPS) is 11.2. The van der Waals surface area contributed by atoms with Gasteiger partial charge < -0.3 is 11.1 Å². The highest BCUT2D eigenvalue weighted by molar-refractivity contribution is 7.15. The molecule has 0 aliphatic heterocycles. The van der Waals surface area contributed by atoms with Crippen LogP contribution in [0.3, 0.4) is 0 Å². The summed E-state index contributed by atoms with van der Waals surface area (Å²) >= 11 is 1.64. The second kappa shape index (κ2) is 8.12. The standard InChI is InChI=1S/C13H24N4OS/c1-4-5-15-13-16-6-11(19-13)8-17(7-10(2)3)9-12(14)18/h6,10H,4-5,7-9H2,1-3H3,(H2,14,18)(H,15,16). The Morgan fingerprint density at radius 2 is 2.32 bits per heavy atom. The van der Waals surface area contributed by atoms with E-state index in [1.54, 1.807) is 11.3 Å². The summed E-state index contributed by atoms with van der Waals surface area (Å²) in [5.74, 6) is 0.222. The number of rotatable bonds is 9. The molecule has 0 unspecified atom stereocenters. The molecule has 0 radical (unpaired) electrons. The van der Waals surface area contributed by atoms with E-state index in [9.17, 15) is 4.79 Å². The molecule has 0 aliphatic carbocycles. The van der Waals surface area contributed by atoms with Crippen molar-refractivity contribution in [3.8, 4) is 0 Å². The lowest BCUT2D eigenvalue weighted by Crippen LogP contribution is -2.35. The van der Waals surface area contributed by atoms with Crippen molar-refractivity contribution in [3.05, 3.63) is 11.1 Å². The van der Waals surface area contributed by atoms with E-state index in [-0.39, 0.29) is 5.91 Å². The SMILES string of the molecule is CCCNc1ncc(CN(CC(N)=O)CC(C)C)s1. The highest BCUT2D eigenvalue weighted by Gasteiger charge is 2.12. The smallest absolute Gasteiger partial charge is 0.231 e. The van der Waals surface area contributed by atoms with Gasteiger partial charge in [-0.2, -0.15) is 0 Å². The molecule has 1 aromatic rings. The number of carbonyl (C=O) groups is 1. The molecule has 0 bridgehead atoms. The van der Waals surface area contributed by atoms with Gasteiger partial charge in [-0.1, -0.05) is 20.8 Å². The van der Waals surface area contributed by atoms with Crippen molar-refractivity contribution < 1.29 is 4.79 Å². The average molecular weight is 284 g/mol. The summed E-state index contributed by atoms with van der Waals surface area (Å²) in [5, 5.41) is 4.21. The number of thiazole rings is 1. The van der Waals surface area contributed by atoms with Crippen molar-refractivity contribution in [3.63, 3.8) is 0 Å². The van der Waals surface area contributed by atoms with Gasteiger partial charge in [-0.3, -0.25) is 9.69 Å². The number of nitrogens with zero attached hydrogens (tertiary/aromatic N) is 2. The number of nitrogens with two attached hydrogens (primary N) is 1. The molecule has 1 heterocycles. The Bertz CT molecular complexity index is 392. The van der Waals surface area contributed by atoms with Gasteiger partial charge in [0, 0.05) is 30.7 Å². The molecule has 0 saturated heterocycles. The van der Waals surface area contributed by atoms with Crippen molar-refractivity contribution >= 4 is 22.4 Å². The quantitative estimate of drug-likeness (QED) is 0.726. The van der Waals surface area contributed by atoms with Gasteiger partial charge in [-0.05, 0) is 12.3 Å². The van der Waals surface area contributed by atoms with E-state index < -0.39 is 0 Å². The van der Waals surface area contributed by atoms with Crippen LogP contribution in [0.25, 0.3) is 0 Å². The molecule has 0 aliphatic rings. The Morgan fingerprint density at radius 1 is 1.58 bits per heavy atom. The summed E-state index contributed by atoms with van der Waals surface area (Å²) < 4.78 is 0. The van der Waals surface area contributed by atoms with Crippen LogP contribution < -0.4 is 11.1 Å². The maximum atomic E-state index is 11.1. The van der Waals surface area contributed by atoms with Crippen LogP contribution in [-0.2, 0) is 11.3 Å². The van der Waals surface area contributed by atoms with Gasteiger partial charge in [0.15, 0.2) is 5.13 Å². The molecule has 0 saturated carbocycles. The first-order chi connectivity index (χ1) is 9.01. The van der Waals surface area contributed by atoms with Gasteiger partial charge in [0.05, 0.1) is 6.54 Å².